The smallest absolute Gasteiger partial charge is 0.382 e. The lowest BCUT2D eigenvalue weighted by Crippen LogP contribution is -2.40. The van der Waals surface area contributed by atoms with E-state index in [1.807, 2.05) is 5.32 Å². The topological polar surface area (TPSA) is 88.2 Å². The lowest BCUT2D eigenvalue weighted by atomic mass is 10.3. The maximum absolute atomic E-state index is 12.0. The maximum Gasteiger partial charge on any atom is 0.416 e. The van der Waals surface area contributed by atoms with Crippen molar-refractivity contribution in [2.45, 2.75) is 25.2 Å². The second-order valence-corrected chi connectivity index (χ2v) is 4.52. The second kappa shape index (κ2) is 5.63. The van der Waals surface area contributed by atoms with Gasteiger partial charge in [-0.15, -0.1) is 11.3 Å². The van der Waals surface area contributed by atoms with Gasteiger partial charge in [0.1, 0.15) is 10.7 Å². The highest BCUT2D eigenvalue weighted by atomic mass is 32.1. The van der Waals surface area contributed by atoms with Gasteiger partial charge in [-0.25, -0.2) is 4.98 Å². The highest BCUT2D eigenvalue weighted by molar-refractivity contribution is 7.09. The first-order valence-corrected chi connectivity index (χ1v) is 5.83. The number of aliphatic hydroxyl groups excluding tert-OH is 1. The standard InChI is InChI=1S/C9H12F3N3O2S/c1-4(13)8-15-5(3-18-8)7(17)14-2-6(16)9(10,11)12/h3-4,6,16H,2,13H2,1H3,(H,14,17). The van der Waals surface area contributed by atoms with Crippen LogP contribution in [0.1, 0.15) is 28.5 Å². The van der Waals surface area contributed by atoms with Crippen molar-refractivity contribution in [3.05, 3.63) is 16.1 Å². The Morgan fingerprint density at radius 3 is 2.72 bits per heavy atom. The van der Waals surface area contributed by atoms with Crippen LogP contribution in [0.2, 0.25) is 0 Å². The monoisotopic (exact) mass is 283 g/mol. The van der Waals surface area contributed by atoms with Gasteiger partial charge < -0.3 is 16.2 Å². The summed E-state index contributed by atoms with van der Waals surface area (Å²) in [7, 11) is 0. The highest BCUT2D eigenvalue weighted by Crippen LogP contribution is 2.19. The Balaban J connectivity index is 2.55. The molecule has 0 saturated carbocycles. The van der Waals surface area contributed by atoms with Gasteiger partial charge in [-0.3, -0.25) is 4.79 Å². The third kappa shape index (κ3) is 3.93. The zero-order chi connectivity index (χ0) is 13.9. The molecule has 0 bridgehead atoms. The van der Waals surface area contributed by atoms with Crippen molar-refractivity contribution in [2.75, 3.05) is 6.54 Å². The molecule has 102 valence electrons. The molecule has 1 heterocycles. The van der Waals surface area contributed by atoms with Gasteiger partial charge in [-0.05, 0) is 6.92 Å². The molecule has 4 N–H and O–H groups in total. The van der Waals surface area contributed by atoms with Crippen molar-refractivity contribution >= 4 is 17.2 Å². The van der Waals surface area contributed by atoms with Crippen LogP contribution >= 0.6 is 11.3 Å². The van der Waals surface area contributed by atoms with Crippen LogP contribution in [0.15, 0.2) is 5.38 Å². The normalized spacial score (nSPS) is 15.2. The van der Waals surface area contributed by atoms with Crippen LogP contribution < -0.4 is 11.1 Å². The van der Waals surface area contributed by atoms with E-state index in [-0.39, 0.29) is 11.7 Å². The van der Waals surface area contributed by atoms with Crippen molar-refractivity contribution in [2.24, 2.45) is 5.73 Å². The number of nitrogens with two attached hydrogens (primary N) is 1. The molecule has 9 heteroatoms. The minimum Gasteiger partial charge on any atom is -0.382 e. The molecule has 2 atom stereocenters. The van der Waals surface area contributed by atoms with Crippen LogP contribution in [0.4, 0.5) is 13.2 Å². The number of hydrogen-bond donors (Lipinski definition) is 3. The number of halogens is 3. The van der Waals surface area contributed by atoms with E-state index < -0.39 is 24.7 Å². The van der Waals surface area contributed by atoms with Gasteiger partial charge in [0.2, 0.25) is 0 Å². The van der Waals surface area contributed by atoms with Gasteiger partial charge in [0, 0.05) is 5.38 Å². The molecular weight excluding hydrogens is 271 g/mol. The summed E-state index contributed by atoms with van der Waals surface area (Å²) in [5.74, 6) is -0.776. The fraction of sp³-hybridized carbons (Fsp3) is 0.556. The van der Waals surface area contributed by atoms with E-state index in [0.29, 0.717) is 5.01 Å². The Morgan fingerprint density at radius 1 is 1.67 bits per heavy atom. The number of nitrogens with zero attached hydrogens (tertiary/aromatic N) is 1. The molecule has 0 spiro atoms. The SMILES string of the molecule is CC(N)c1nc(C(=O)NCC(O)C(F)(F)F)cs1. The molecule has 1 rings (SSSR count). The van der Waals surface area contributed by atoms with Crippen molar-refractivity contribution in [3.8, 4) is 0 Å². The molecule has 0 aromatic carbocycles. The number of rotatable bonds is 4. The van der Waals surface area contributed by atoms with E-state index in [1.54, 1.807) is 6.92 Å². The lowest BCUT2D eigenvalue weighted by molar-refractivity contribution is -0.201. The Labute approximate surface area is 105 Å². The maximum atomic E-state index is 12.0. The Hall–Kier alpha value is -1.19. The molecule has 18 heavy (non-hydrogen) atoms. The minimum absolute atomic E-state index is 0.0123. The van der Waals surface area contributed by atoms with Crippen molar-refractivity contribution in [1.82, 2.24) is 10.3 Å². The first-order chi connectivity index (χ1) is 8.21. The molecule has 5 nitrogen and oxygen atoms in total. The number of alkyl halides is 3. The van der Waals surface area contributed by atoms with Gasteiger partial charge in [-0.1, -0.05) is 0 Å². The fourth-order valence-corrected chi connectivity index (χ4v) is 1.75. The first-order valence-electron chi connectivity index (χ1n) is 4.95. The van der Waals surface area contributed by atoms with E-state index in [0.717, 1.165) is 11.3 Å². The van der Waals surface area contributed by atoms with E-state index in [9.17, 15) is 18.0 Å². The molecule has 0 aliphatic heterocycles. The van der Waals surface area contributed by atoms with Crippen molar-refractivity contribution < 1.29 is 23.1 Å². The quantitative estimate of drug-likeness (QED) is 0.763. The summed E-state index contributed by atoms with van der Waals surface area (Å²) in [5.41, 5.74) is 5.52. The van der Waals surface area contributed by atoms with Crippen molar-refractivity contribution in [1.29, 1.82) is 0 Å². The molecule has 2 unspecified atom stereocenters. The third-order valence-electron chi connectivity index (χ3n) is 1.98. The van der Waals surface area contributed by atoms with Crippen LogP contribution in [-0.2, 0) is 0 Å². The first kappa shape index (κ1) is 14.9. The highest BCUT2D eigenvalue weighted by Gasteiger charge is 2.38. The summed E-state index contributed by atoms with van der Waals surface area (Å²) >= 11 is 1.14. The van der Waals surface area contributed by atoms with Crippen LogP contribution in [0.5, 0.6) is 0 Å². The second-order valence-electron chi connectivity index (χ2n) is 3.63. The number of amides is 1. The predicted molar refractivity (Wildman–Crippen MR) is 59.1 cm³/mol. The molecule has 0 aliphatic rings. The zero-order valence-electron chi connectivity index (χ0n) is 9.36. The predicted octanol–water partition coefficient (Wildman–Crippen LogP) is 0.816. The van der Waals surface area contributed by atoms with E-state index in [2.05, 4.69) is 4.98 Å². The molecule has 0 saturated heterocycles. The molecule has 0 fully saturated rings. The average Bonchev–Trinajstić information content (AvgIpc) is 2.73. The number of thiazole rings is 1. The number of hydrogen-bond acceptors (Lipinski definition) is 5. The van der Waals surface area contributed by atoms with E-state index in [1.165, 1.54) is 5.38 Å². The van der Waals surface area contributed by atoms with Gasteiger partial charge in [-0.2, -0.15) is 13.2 Å². The zero-order valence-corrected chi connectivity index (χ0v) is 10.2. The number of carbonyl (C=O) groups excluding carboxylic acids is 1. The Morgan fingerprint density at radius 2 is 2.28 bits per heavy atom. The number of aromatic nitrogens is 1. The van der Waals surface area contributed by atoms with Crippen LogP contribution in [0, 0.1) is 0 Å². The number of nitrogens with one attached hydrogen (secondary N) is 1. The molecule has 0 radical (unpaired) electrons. The molecule has 1 aromatic heterocycles. The fourth-order valence-electron chi connectivity index (χ4n) is 0.997. The van der Waals surface area contributed by atoms with Crippen molar-refractivity contribution in [3.63, 3.8) is 0 Å². The summed E-state index contributed by atoms with van der Waals surface area (Å²) in [4.78, 5) is 15.3. The largest absolute Gasteiger partial charge is 0.416 e. The molecular formula is C9H12F3N3O2S. The lowest BCUT2D eigenvalue weighted by Gasteiger charge is -2.14. The van der Waals surface area contributed by atoms with Gasteiger partial charge in [0.05, 0.1) is 12.6 Å². The minimum atomic E-state index is -4.76. The van der Waals surface area contributed by atoms with Gasteiger partial charge >= 0.3 is 6.18 Å². The van der Waals surface area contributed by atoms with Crippen LogP contribution in [0.3, 0.4) is 0 Å². The molecule has 1 aromatic rings. The van der Waals surface area contributed by atoms with E-state index in [4.69, 9.17) is 10.8 Å². The van der Waals surface area contributed by atoms with Crippen LogP contribution in [0.25, 0.3) is 0 Å². The number of carbonyl (C=O) groups is 1. The molecule has 1 amide bonds. The molecule has 0 aliphatic carbocycles. The Bertz CT molecular complexity index is 419. The van der Waals surface area contributed by atoms with E-state index >= 15 is 0 Å². The Kier molecular flexibility index (Phi) is 4.65. The summed E-state index contributed by atoms with van der Waals surface area (Å²) < 4.78 is 35.9. The van der Waals surface area contributed by atoms with Gasteiger partial charge in [0.25, 0.3) is 5.91 Å². The number of aliphatic hydroxyl groups is 1. The van der Waals surface area contributed by atoms with Crippen LogP contribution in [-0.4, -0.2) is 34.8 Å². The summed E-state index contributed by atoms with van der Waals surface area (Å²) in [6.07, 6.45) is -7.35. The third-order valence-corrected chi connectivity index (χ3v) is 3.02. The van der Waals surface area contributed by atoms with Gasteiger partial charge in [0.15, 0.2) is 6.10 Å². The average molecular weight is 283 g/mol. The summed E-state index contributed by atoms with van der Waals surface area (Å²) in [5, 5.41) is 12.6. The summed E-state index contributed by atoms with van der Waals surface area (Å²) in [6.45, 7) is 0.765. The summed E-state index contributed by atoms with van der Waals surface area (Å²) in [6, 6.07) is -0.350.